The molecular formula is C17H11ClF3NO. The van der Waals surface area contributed by atoms with Crippen LogP contribution >= 0.6 is 11.6 Å². The van der Waals surface area contributed by atoms with Gasteiger partial charge in [-0.05, 0) is 24.3 Å². The fourth-order valence-corrected chi connectivity index (χ4v) is 2.07. The highest BCUT2D eigenvalue weighted by Crippen LogP contribution is 2.31. The maximum absolute atomic E-state index is 12.8. The number of rotatable bonds is 2. The average molecular weight is 338 g/mol. The van der Waals surface area contributed by atoms with Gasteiger partial charge in [0, 0.05) is 5.56 Å². The molecule has 0 heterocycles. The predicted octanol–water partition coefficient (Wildman–Crippen LogP) is 4.14. The van der Waals surface area contributed by atoms with E-state index in [1.807, 2.05) is 0 Å². The van der Waals surface area contributed by atoms with E-state index in [0.29, 0.717) is 5.02 Å². The summed E-state index contributed by atoms with van der Waals surface area (Å²) in [6.45, 7) is -0.0871. The van der Waals surface area contributed by atoms with E-state index in [1.165, 1.54) is 18.2 Å². The molecular weight excluding hydrogens is 327 g/mol. The zero-order chi connectivity index (χ0) is 16.9. The molecule has 0 unspecified atom stereocenters. The number of hydrogen-bond acceptors (Lipinski definition) is 1. The third kappa shape index (κ3) is 4.51. The molecule has 6 heteroatoms. The molecule has 0 bridgehead atoms. The Morgan fingerprint density at radius 1 is 1.09 bits per heavy atom. The highest BCUT2D eigenvalue weighted by Gasteiger charge is 2.32. The van der Waals surface area contributed by atoms with E-state index in [0.717, 1.165) is 6.07 Å². The van der Waals surface area contributed by atoms with E-state index in [4.69, 9.17) is 11.6 Å². The molecule has 0 aliphatic heterocycles. The van der Waals surface area contributed by atoms with Gasteiger partial charge in [-0.15, -0.1) is 0 Å². The van der Waals surface area contributed by atoms with Crippen molar-refractivity contribution in [2.75, 3.05) is 6.54 Å². The number of nitrogens with one attached hydrogen (secondary N) is 1. The monoisotopic (exact) mass is 337 g/mol. The lowest BCUT2D eigenvalue weighted by Gasteiger charge is -2.08. The summed E-state index contributed by atoms with van der Waals surface area (Å²) >= 11 is 5.88. The largest absolute Gasteiger partial charge is 0.417 e. The van der Waals surface area contributed by atoms with Gasteiger partial charge in [0.15, 0.2) is 0 Å². The molecule has 0 fully saturated rings. The lowest BCUT2D eigenvalue weighted by molar-refractivity contribution is -0.137. The summed E-state index contributed by atoms with van der Waals surface area (Å²) in [5, 5.41) is 2.78. The Morgan fingerprint density at radius 2 is 1.74 bits per heavy atom. The van der Waals surface area contributed by atoms with Crippen molar-refractivity contribution in [2.24, 2.45) is 0 Å². The fourth-order valence-electron chi connectivity index (χ4n) is 1.84. The Kier molecular flexibility index (Phi) is 5.30. The Hall–Kier alpha value is -2.45. The molecule has 1 amide bonds. The minimum absolute atomic E-state index is 0.0871. The van der Waals surface area contributed by atoms with E-state index in [2.05, 4.69) is 17.2 Å². The van der Waals surface area contributed by atoms with Gasteiger partial charge in [0.25, 0.3) is 5.91 Å². The number of hydrogen-bond donors (Lipinski definition) is 1. The molecule has 0 atom stereocenters. The van der Waals surface area contributed by atoms with Crippen molar-refractivity contribution in [1.82, 2.24) is 5.32 Å². The molecule has 0 spiro atoms. The summed E-state index contributed by atoms with van der Waals surface area (Å²) in [6, 6.07) is 11.5. The summed E-state index contributed by atoms with van der Waals surface area (Å²) in [5.41, 5.74) is -0.649. The Morgan fingerprint density at radius 3 is 2.43 bits per heavy atom. The standard InChI is InChI=1S/C17H11ClF3NO/c18-15-10-4-2-8-13(15)16(23)22-11-5-7-12-6-1-3-9-14(12)17(19,20)21/h1-4,6,8-10H,11H2,(H,22,23). The van der Waals surface area contributed by atoms with E-state index in [-0.39, 0.29) is 17.7 Å². The molecule has 2 aromatic rings. The van der Waals surface area contributed by atoms with Crippen LogP contribution in [0.1, 0.15) is 21.5 Å². The molecule has 1 N–H and O–H groups in total. The minimum Gasteiger partial charge on any atom is -0.341 e. The number of carbonyl (C=O) groups excluding carboxylic acids is 1. The molecule has 0 aliphatic rings. The fraction of sp³-hybridized carbons (Fsp3) is 0.118. The van der Waals surface area contributed by atoms with E-state index >= 15 is 0 Å². The van der Waals surface area contributed by atoms with Crippen LogP contribution in [0.5, 0.6) is 0 Å². The number of benzene rings is 2. The first-order chi connectivity index (χ1) is 10.9. The quantitative estimate of drug-likeness (QED) is 0.820. The topological polar surface area (TPSA) is 29.1 Å². The highest BCUT2D eigenvalue weighted by atomic mass is 35.5. The van der Waals surface area contributed by atoms with Gasteiger partial charge in [-0.1, -0.05) is 47.7 Å². The van der Waals surface area contributed by atoms with Gasteiger partial charge < -0.3 is 5.32 Å². The zero-order valence-electron chi connectivity index (χ0n) is 11.7. The Labute approximate surface area is 136 Å². The Bertz CT molecular complexity index is 775. The molecule has 0 saturated carbocycles. The molecule has 0 radical (unpaired) electrons. The summed E-state index contributed by atoms with van der Waals surface area (Å²) in [5.74, 6) is 4.50. The van der Waals surface area contributed by atoms with Crippen LogP contribution in [0, 0.1) is 11.8 Å². The number of carbonyl (C=O) groups is 1. The lowest BCUT2D eigenvalue weighted by Crippen LogP contribution is -2.23. The molecule has 0 aromatic heterocycles. The van der Waals surface area contributed by atoms with Gasteiger partial charge in [-0.3, -0.25) is 4.79 Å². The van der Waals surface area contributed by atoms with Gasteiger partial charge in [0.05, 0.1) is 22.7 Å². The SMILES string of the molecule is O=C(NCC#Cc1ccccc1C(F)(F)F)c1ccccc1Cl. The molecule has 2 nitrogen and oxygen atoms in total. The first-order valence-electron chi connectivity index (χ1n) is 6.57. The third-order valence-electron chi connectivity index (χ3n) is 2.91. The van der Waals surface area contributed by atoms with Gasteiger partial charge >= 0.3 is 6.18 Å². The van der Waals surface area contributed by atoms with Crippen LogP contribution in [0.4, 0.5) is 13.2 Å². The summed E-state index contributed by atoms with van der Waals surface area (Å²) < 4.78 is 38.4. The first kappa shape index (κ1) is 16.9. The summed E-state index contributed by atoms with van der Waals surface area (Å²) in [7, 11) is 0. The zero-order valence-corrected chi connectivity index (χ0v) is 12.5. The second-order valence-electron chi connectivity index (χ2n) is 4.51. The van der Waals surface area contributed by atoms with Crippen molar-refractivity contribution in [2.45, 2.75) is 6.18 Å². The van der Waals surface area contributed by atoms with Crippen molar-refractivity contribution in [3.63, 3.8) is 0 Å². The van der Waals surface area contributed by atoms with Gasteiger partial charge in [-0.25, -0.2) is 0 Å². The van der Waals surface area contributed by atoms with Crippen molar-refractivity contribution >= 4 is 17.5 Å². The number of alkyl halides is 3. The highest BCUT2D eigenvalue weighted by molar-refractivity contribution is 6.33. The van der Waals surface area contributed by atoms with Crippen LogP contribution in [0.3, 0.4) is 0 Å². The normalized spacial score (nSPS) is 10.6. The van der Waals surface area contributed by atoms with Crippen molar-refractivity contribution in [3.8, 4) is 11.8 Å². The number of amides is 1. The molecule has 2 rings (SSSR count). The van der Waals surface area contributed by atoms with E-state index < -0.39 is 17.6 Å². The van der Waals surface area contributed by atoms with Crippen LogP contribution in [-0.4, -0.2) is 12.5 Å². The average Bonchev–Trinajstić information content (AvgIpc) is 2.51. The maximum Gasteiger partial charge on any atom is 0.417 e. The maximum atomic E-state index is 12.8. The third-order valence-corrected chi connectivity index (χ3v) is 3.24. The summed E-state index contributed by atoms with van der Waals surface area (Å²) in [4.78, 5) is 11.9. The molecule has 0 saturated heterocycles. The smallest absolute Gasteiger partial charge is 0.341 e. The van der Waals surface area contributed by atoms with E-state index in [1.54, 1.807) is 24.3 Å². The lowest BCUT2D eigenvalue weighted by atomic mass is 10.1. The predicted molar refractivity (Wildman–Crippen MR) is 82.1 cm³/mol. The van der Waals surface area contributed by atoms with Crippen molar-refractivity contribution in [1.29, 1.82) is 0 Å². The van der Waals surface area contributed by atoms with Crippen molar-refractivity contribution < 1.29 is 18.0 Å². The van der Waals surface area contributed by atoms with Gasteiger partial charge in [0.2, 0.25) is 0 Å². The van der Waals surface area contributed by atoms with Crippen molar-refractivity contribution in [3.05, 3.63) is 70.2 Å². The second kappa shape index (κ2) is 7.21. The second-order valence-corrected chi connectivity index (χ2v) is 4.91. The molecule has 23 heavy (non-hydrogen) atoms. The summed E-state index contributed by atoms with van der Waals surface area (Å²) in [6.07, 6.45) is -4.47. The van der Waals surface area contributed by atoms with E-state index in [9.17, 15) is 18.0 Å². The first-order valence-corrected chi connectivity index (χ1v) is 6.95. The van der Waals surface area contributed by atoms with Crippen LogP contribution in [0.25, 0.3) is 0 Å². The molecule has 0 aliphatic carbocycles. The van der Waals surface area contributed by atoms with Crippen LogP contribution < -0.4 is 5.32 Å². The van der Waals surface area contributed by atoms with Gasteiger partial charge in [-0.2, -0.15) is 13.2 Å². The van der Waals surface area contributed by atoms with Crippen LogP contribution in [0.15, 0.2) is 48.5 Å². The number of halogens is 4. The van der Waals surface area contributed by atoms with Gasteiger partial charge in [0.1, 0.15) is 0 Å². The molecule has 2 aromatic carbocycles. The minimum atomic E-state index is -4.47. The van der Waals surface area contributed by atoms with Crippen LogP contribution in [-0.2, 0) is 6.18 Å². The molecule has 118 valence electrons. The van der Waals surface area contributed by atoms with Crippen LogP contribution in [0.2, 0.25) is 5.02 Å². The Balaban J connectivity index is 2.05.